The van der Waals surface area contributed by atoms with Crippen LogP contribution in [0.4, 0.5) is 0 Å². The number of carbonyl (C=O) groups excluding carboxylic acids is 1. The van der Waals surface area contributed by atoms with Gasteiger partial charge in [-0.05, 0) is 29.8 Å². The Labute approximate surface area is 176 Å². The van der Waals surface area contributed by atoms with E-state index in [1.54, 1.807) is 25.4 Å². The van der Waals surface area contributed by atoms with E-state index in [0.29, 0.717) is 25.6 Å². The van der Waals surface area contributed by atoms with Gasteiger partial charge in [-0.1, -0.05) is 42.5 Å². The zero-order chi connectivity index (χ0) is 21.0. The lowest BCUT2D eigenvalue weighted by molar-refractivity contribution is -0.116. The predicted octanol–water partition coefficient (Wildman–Crippen LogP) is 3.88. The molecule has 0 atom stereocenters. The molecule has 1 heterocycles. The first-order chi connectivity index (χ1) is 14.7. The van der Waals surface area contributed by atoms with Crippen molar-refractivity contribution in [3.63, 3.8) is 0 Å². The van der Waals surface area contributed by atoms with E-state index < -0.39 is 0 Å². The lowest BCUT2D eigenvalue weighted by atomic mass is 10.2. The van der Waals surface area contributed by atoms with Crippen molar-refractivity contribution in [1.29, 1.82) is 0 Å². The van der Waals surface area contributed by atoms with Gasteiger partial charge in [0.1, 0.15) is 24.7 Å². The highest BCUT2D eigenvalue weighted by molar-refractivity contribution is 5.92. The van der Waals surface area contributed by atoms with Crippen molar-refractivity contribution in [2.45, 2.75) is 6.54 Å². The van der Waals surface area contributed by atoms with Gasteiger partial charge in [-0.2, -0.15) is 0 Å². The summed E-state index contributed by atoms with van der Waals surface area (Å²) in [5.74, 6) is 1.84. The number of nitrogens with zero attached hydrogens (tertiary/aromatic N) is 1. The number of carbonyl (C=O) groups is 1. The molecule has 0 aliphatic carbocycles. The molecular weight excluding hydrogens is 380 g/mol. The summed E-state index contributed by atoms with van der Waals surface area (Å²) in [5.41, 5.74) is 1.72. The van der Waals surface area contributed by atoms with Crippen molar-refractivity contribution in [3.05, 3.63) is 90.1 Å². The Bertz CT molecular complexity index is 956. The van der Waals surface area contributed by atoms with Crippen LogP contribution >= 0.6 is 0 Å². The number of methoxy groups -OCH3 is 1. The Morgan fingerprint density at radius 2 is 1.73 bits per heavy atom. The number of nitrogens with one attached hydrogen (secondary N) is 1. The highest BCUT2D eigenvalue weighted by Gasteiger charge is 2.02. The van der Waals surface area contributed by atoms with Gasteiger partial charge in [0.05, 0.1) is 7.11 Å². The summed E-state index contributed by atoms with van der Waals surface area (Å²) in [4.78, 5) is 16.3. The minimum Gasteiger partial charge on any atom is -0.496 e. The summed E-state index contributed by atoms with van der Waals surface area (Å²) >= 11 is 0. The van der Waals surface area contributed by atoms with E-state index in [9.17, 15) is 4.79 Å². The van der Waals surface area contributed by atoms with Crippen LogP contribution in [0.3, 0.4) is 0 Å². The maximum absolute atomic E-state index is 12.0. The molecule has 0 saturated carbocycles. The molecule has 0 spiro atoms. The Hall–Kier alpha value is -3.80. The largest absolute Gasteiger partial charge is 0.496 e. The first-order valence-corrected chi connectivity index (χ1v) is 9.59. The maximum Gasteiger partial charge on any atom is 0.244 e. The minimum atomic E-state index is -0.195. The molecule has 0 unspecified atom stereocenters. The maximum atomic E-state index is 12.0. The van der Waals surface area contributed by atoms with Crippen LogP contribution in [0.1, 0.15) is 11.1 Å². The highest BCUT2D eigenvalue weighted by Crippen LogP contribution is 2.18. The highest BCUT2D eigenvalue weighted by atomic mass is 16.5. The molecule has 2 aromatic carbocycles. The number of amides is 1. The quantitative estimate of drug-likeness (QED) is 0.410. The second-order valence-electron chi connectivity index (χ2n) is 6.31. The van der Waals surface area contributed by atoms with E-state index in [1.165, 1.54) is 6.08 Å². The molecule has 154 valence electrons. The van der Waals surface area contributed by atoms with Gasteiger partial charge >= 0.3 is 0 Å². The van der Waals surface area contributed by atoms with Gasteiger partial charge < -0.3 is 19.5 Å². The van der Waals surface area contributed by atoms with E-state index in [0.717, 1.165) is 22.6 Å². The summed E-state index contributed by atoms with van der Waals surface area (Å²) < 4.78 is 16.4. The van der Waals surface area contributed by atoms with Crippen molar-refractivity contribution < 1.29 is 19.0 Å². The van der Waals surface area contributed by atoms with E-state index in [-0.39, 0.29) is 5.91 Å². The second kappa shape index (κ2) is 11.3. The SMILES string of the molecule is COc1ccccc1/C=C/C(=O)NCc1ccc(OCCOc2ccccc2)nc1. The van der Waals surface area contributed by atoms with Crippen LogP contribution in [0.25, 0.3) is 6.08 Å². The van der Waals surface area contributed by atoms with E-state index in [2.05, 4.69) is 10.3 Å². The van der Waals surface area contributed by atoms with Crippen molar-refractivity contribution in [2.24, 2.45) is 0 Å². The number of rotatable bonds is 10. The fourth-order valence-corrected chi connectivity index (χ4v) is 2.64. The van der Waals surface area contributed by atoms with Gasteiger partial charge in [-0.15, -0.1) is 0 Å². The monoisotopic (exact) mass is 404 g/mol. The number of ether oxygens (including phenoxy) is 3. The first kappa shape index (κ1) is 20.9. The molecule has 3 aromatic rings. The van der Waals surface area contributed by atoms with Gasteiger partial charge in [-0.25, -0.2) is 4.98 Å². The normalized spacial score (nSPS) is 10.6. The van der Waals surface area contributed by atoms with E-state index >= 15 is 0 Å². The summed E-state index contributed by atoms with van der Waals surface area (Å²) in [5, 5.41) is 2.83. The molecule has 1 aromatic heterocycles. The third-order valence-electron chi connectivity index (χ3n) is 4.16. The van der Waals surface area contributed by atoms with Crippen LogP contribution in [-0.4, -0.2) is 31.2 Å². The van der Waals surface area contributed by atoms with Crippen molar-refractivity contribution >= 4 is 12.0 Å². The summed E-state index contributed by atoms with van der Waals surface area (Å²) in [6.07, 6.45) is 4.88. The second-order valence-corrected chi connectivity index (χ2v) is 6.31. The third-order valence-corrected chi connectivity index (χ3v) is 4.16. The fraction of sp³-hybridized carbons (Fsp3) is 0.167. The van der Waals surface area contributed by atoms with Crippen molar-refractivity contribution in [2.75, 3.05) is 20.3 Å². The number of aromatic nitrogens is 1. The minimum absolute atomic E-state index is 0.195. The average Bonchev–Trinajstić information content (AvgIpc) is 2.80. The first-order valence-electron chi connectivity index (χ1n) is 9.59. The van der Waals surface area contributed by atoms with Crippen LogP contribution in [0.2, 0.25) is 0 Å². The molecule has 0 fully saturated rings. The zero-order valence-corrected chi connectivity index (χ0v) is 16.8. The standard InChI is InChI=1S/C24H24N2O4/c1-28-22-10-6-5-7-20(22)12-13-23(27)25-17-19-11-14-24(26-18-19)30-16-15-29-21-8-3-2-4-9-21/h2-14,18H,15-17H2,1H3,(H,25,27)/b13-12+. The summed E-state index contributed by atoms with van der Waals surface area (Å²) in [7, 11) is 1.60. The molecule has 0 aliphatic rings. The molecule has 6 nitrogen and oxygen atoms in total. The average molecular weight is 404 g/mol. The van der Waals surface area contributed by atoms with Crippen LogP contribution in [-0.2, 0) is 11.3 Å². The molecule has 0 saturated heterocycles. The van der Waals surface area contributed by atoms with Gasteiger partial charge in [0.15, 0.2) is 0 Å². The molecule has 1 N–H and O–H groups in total. The summed E-state index contributed by atoms with van der Waals surface area (Å²) in [6.45, 7) is 1.20. The van der Waals surface area contributed by atoms with Gasteiger partial charge in [0.2, 0.25) is 11.8 Å². The van der Waals surface area contributed by atoms with Gasteiger partial charge in [-0.3, -0.25) is 4.79 Å². The van der Waals surface area contributed by atoms with Crippen molar-refractivity contribution in [1.82, 2.24) is 10.3 Å². The lowest BCUT2D eigenvalue weighted by Gasteiger charge is -2.08. The molecule has 0 radical (unpaired) electrons. The predicted molar refractivity (Wildman–Crippen MR) is 116 cm³/mol. The smallest absolute Gasteiger partial charge is 0.244 e. The van der Waals surface area contributed by atoms with Crippen LogP contribution in [0, 0.1) is 0 Å². The molecule has 0 bridgehead atoms. The van der Waals surface area contributed by atoms with Crippen LogP contribution < -0.4 is 19.5 Å². The fourth-order valence-electron chi connectivity index (χ4n) is 2.64. The Balaban J connectivity index is 1.39. The molecular formula is C24H24N2O4. The lowest BCUT2D eigenvalue weighted by Crippen LogP contribution is -2.20. The number of hydrogen-bond acceptors (Lipinski definition) is 5. The molecule has 3 rings (SSSR count). The topological polar surface area (TPSA) is 69.7 Å². The number of para-hydroxylation sites is 2. The van der Waals surface area contributed by atoms with E-state index in [4.69, 9.17) is 14.2 Å². The molecule has 0 aliphatic heterocycles. The number of hydrogen-bond donors (Lipinski definition) is 1. The third kappa shape index (κ3) is 6.67. The Morgan fingerprint density at radius 3 is 2.50 bits per heavy atom. The Morgan fingerprint density at radius 1 is 0.967 bits per heavy atom. The van der Waals surface area contributed by atoms with Gasteiger partial charge in [0.25, 0.3) is 0 Å². The van der Waals surface area contributed by atoms with Gasteiger partial charge in [0, 0.05) is 30.4 Å². The van der Waals surface area contributed by atoms with Crippen LogP contribution in [0.5, 0.6) is 17.4 Å². The molecule has 6 heteroatoms. The zero-order valence-electron chi connectivity index (χ0n) is 16.8. The Kier molecular flexibility index (Phi) is 7.85. The number of pyridine rings is 1. The molecule has 1 amide bonds. The van der Waals surface area contributed by atoms with Crippen molar-refractivity contribution in [3.8, 4) is 17.4 Å². The summed E-state index contributed by atoms with van der Waals surface area (Å²) in [6, 6.07) is 20.7. The van der Waals surface area contributed by atoms with E-state index in [1.807, 2.05) is 60.7 Å². The van der Waals surface area contributed by atoms with Crippen LogP contribution in [0.15, 0.2) is 79.0 Å². The molecule has 30 heavy (non-hydrogen) atoms. The number of benzene rings is 2.